The molecular formula is C17H16N4O2S. The van der Waals surface area contributed by atoms with Gasteiger partial charge in [0.05, 0.1) is 10.9 Å². The van der Waals surface area contributed by atoms with E-state index in [1.807, 2.05) is 13.0 Å². The lowest BCUT2D eigenvalue weighted by Gasteiger charge is -2.19. The molecule has 0 spiro atoms. The molecule has 0 unspecified atom stereocenters. The van der Waals surface area contributed by atoms with E-state index in [2.05, 4.69) is 9.97 Å². The summed E-state index contributed by atoms with van der Waals surface area (Å²) in [7, 11) is 0. The first-order valence-corrected chi connectivity index (χ1v) is 8.64. The Hall–Kier alpha value is -2.54. The highest BCUT2D eigenvalue weighted by atomic mass is 32.1. The van der Waals surface area contributed by atoms with E-state index in [0.717, 1.165) is 15.5 Å². The van der Waals surface area contributed by atoms with E-state index >= 15 is 0 Å². The highest BCUT2D eigenvalue weighted by molar-refractivity contribution is 7.18. The maximum Gasteiger partial charge on any atom is 0.262 e. The zero-order valence-electron chi connectivity index (χ0n) is 13.2. The van der Waals surface area contributed by atoms with Gasteiger partial charge in [0, 0.05) is 43.3 Å². The average molecular weight is 340 g/mol. The van der Waals surface area contributed by atoms with Gasteiger partial charge >= 0.3 is 0 Å². The standard InChI is InChI=1S/C17H16N4O2S/c1-11-9-13-15(24-11)19-14-4-6-20(7-8-21(14)17(13)23)16(22)12-3-2-5-18-10-12/h2-3,5,9-10H,4,6-8H2,1H3. The van der Waals surface area contributed by atoms with E-state index in [1.165, 1.54) is 11.3 Å². The lowest BCUT2D eigenvalue weighted by Crippen LogP contribution is -2.34. The second-order valence-corrected chi connectivity index (χ2v) is 7.08. The molecule has 1 amide bonds. The van der Waals surface area contributed by atoms with Crippen molar-refractivity contribution in [3.8, 4) is 0 Å². The number of rotatable bonds is 1. The van der Waals surface area contributed by atoms with Gasteiger partial charge in [0.2, 0.25) is 0 Å². The molecule has 122 valence electrons. The maximum absolute atomic E-state index is 12.7. The van der Waals surface area contributed by atoms with Crippen molar-refractivity contribution < 1.29 is 4.79 Å². The number of aromatic nitrogens is 3. The van der Waals surface area contributed by atoms with E-state index in [9.17, 15) is 9.59 Å². The Balaban J connectivity index is 1.66. The molecule has 7 heteroatoms. The molecule has 0 saturated heterocycles. The normalized spacial score (nSPS) is 14.5. The average Bonchev–Trinajstić information content (AvgIpc) is 2.84. The Morgan fingerprint density at radius 3 is 2.96 bits per heavy atom. The predicted octanol–water partition coefficient (Wildman–Crippen LogP) is 1.86. The van der Waals surface area contributed by atoms with Crippen molar-refractivity contribution >= 4 is 27.5 Å². The molecule has 3 aromatic rings. The van der Waals surface area contributed by atoms with Crippen molar-refractivity contribution in [3.63, 3.8) is 0 Å². The molecule has 1 aliphatic heterocycles. The van der Waals surface area contributed by atoms with Gasteiger partial charge in [-0.2, -0.15) is 0 Å². The number of carbonyl (C=O) groups excluding carboxylic acids is 1. The molecule has 0 bridgehead atoms. The fourth-order valence-electron chi connectivity index (χ4n) is 3.04. The maximum atomic E-state index is 12.7. The summed E-state index contributed by atoms with van der Waals surface area (Å²) < 4.78 is 1.71. The Morgan fingerprint density at radius 1 is 1.29 bits per heavy atom. The van der Waals surface area contributed by atoms with Crippen molar-refractivity contribution in [1.29, 1.82) is 0 Å². The molecule has 0 atom stereocenters. The summed E-state index contributed by atoms with van der Waals surface area (Å²) in [5.41, 5.74) is 0.565. The fourth-order valence-corrected chi connectivity index (χ4v) is 3.93. The van der Waals surface area contributed by atoms with Gasteiger partial charge in [-0.05, 0) is 25.1 Å². The summed E-state index contributed by atoms with van der Waals surface area (Å²) in [6, 6.07) is 5.41. The van der Waals surface area contributed by atoms with Crippen LogP contribution in [0, 0.1) is 6.92 Å². The largest absolute Gasteiger partial charge is 0.336 e. The number of amides is 1. The van der Waals surface area contributed by atoms with Gasteiger partial charge in [-0.1, -0.05) is 0 Å². The molecule has 24 heavy (non-hydrogen) atoms. The van der Waals surface area contributed by atoms with Crippen LogP contribution in [0.1, 0.15) is 21.1 Å². The molecule has 0 fully saturated rings. The monoisotopic (exact) mass is 340 g/mol. The summed E-state index contributed by atoms with van der Waals surface area (Å²) in [5, 5.41) is 0.674. The molecule has 0 radical (unpaired) electrons. The Morgan fingerprint density at radius 2 is 2.17 bits per heavy atom. The third kappa shape index (κ3) is 2.50. The van der Waals surface area contributed by atoms with Crippen LogP contribution in [0.5, 0.6) is 0 Å². The van der Waals surface area contributed by atoms with Crippen molar-refractivity contribution in [2.24, 2.45) is 0 Å². The highest BCUT2D eigenvalue weighted by Gasteiger charge is 2.22. The number of hydrogen-bond donors (Lipinski definition) is 0. The molecular weight excluding hydrogens is 324 g/mol. The summed E-state index contributed by atoms with van der Waals surface area (Å²) in [6.07, 6.45) is 3.80. The first-order chi connectivity index (χ1) is 11.6. The van der Waals surface area contributed by atoms with Crippen molar-refractivity contribution in [1.82, 2.24) is 19.4 Å². The summed E-state index contributed by atoms with van der Waals surface area (Å²) in [6.45, 7) is 3.50. The van der Waals surface area contributed by atoms with Crippen molar-refractivity contribution in [2.75, 3.05) is 13.1 Å². The number of pyridine rings is 1. The number of nitrogens with zero attached hydrogens (tertiary/aromatic N) is 4. The number of aryl methyl sites for hydroxylation is 1. The molecule has 6 nitrogen and oxygen atoms in total. The molecule has 3 aromatic heterocycles. The molecule has 4 heterocycles. The second kappa shape index (κ2) is 5.83. The van der Waals surface area contributed by atoms with E-state index in [0.29, 0.717) is 37.0 Å². The van der Waals surface area contributed by atoms with Crippen LogP contribution in [-0.2, 0) is 13.0 Å². The first-order valence-electron chi connectivity index (χ1n) is 7.82. The van der Waals surface area contributed by atoms with Gasteiger partial charge in [0.25, 0.3) is 11.5 Å². The minimum atomic E-state index is -0.0541. The Bertz CT molecular complexity index is 977. The zero-order chi connectivity index (χ0) is 16.7. The summed E-state index contributed by atoms with van der Waals surface area (Å²) in [5.74, 6) is 0.706. The smallest absolute Gasteiger partial charge is 0.262 e. The van der Waals surface area contributed by atoms with Gasteiger partial charge in [-0.25, -0.2) is 4.98 Å². The number of fused-ring (bicyclic) bond motifs is 2. The van der Waals surface area contributed by atoms with Crippen LogP contribution in [-0.4, -0.2) is 38.4 Å². The van der Waals surface area contributed by atoms with Gasteiger partial charge in [0.15, 0.2) is 0 Å². The van der Waals surface area contributed by atoms with Crippen LogP contribution < -0.4 is 5.56 Å². The van der Waals surface area contributed by atoms with Crippen LogP contribution in [0.4, 0.5) is 0 Å². The molecule has 0 saturated carbocycles. The topological polar surface area (TPSA) is 68.1 Å². The number of carbonyl (C=O) groups is 1. The molecule has 4 rings (SSSR count). The Labute approximate surface area is 142 Å². The predicted molar refractivity (Wildman–Crippen MR) is 92.5 cm³/mol. The lowest BCUT2D eigenvalue weighted by molar-refractivity contribution is 0.0758. The molecule has 0 N–H and O–H groups in total. The highest BCUT2D eigenvalue weighted by Crippen LogP contribution is 2.21. The quantitative estimate of drug-likeness (QED) is 0.678. The van der Waals surface area contributed by atoms with E-state index in [1.54, 1.807) is 34.0 Å². The molecule has 0 aromatic carbocycles. The third-order valence-corrected chi connectivity index (χ3v) is 5.19. The minimum absolute atomic E-state index is 0.00460. The van der Waals surface area contributed by atoms with Crippen LogP contribution in [0.2, 0.25) is 0 Å². The van der Waals surface area contributed by atoms with Gasteiger partial charge in [0.1, 0.15) is 10.7 Å². The van der Waals surface area contributed by atoms with Crippen LogP contribution in [0.25, 0.3) is 10.2 Å². The van der Waals surface area contributed by atoms with Crippen molar-refractivity contribution in [2.45, 2.75) is 19.9 Å². The van der Waals surface area contributed by atoms with Crippen LogP contribution >= 0.6 is 11.3 Å². The number of hydrogen-bond acceptors (Lipinski definition) is 5. The third-order valence-electron chi connectivity index (χ3n) is 4.25. The SMILES string of the molecule is Cc1cc2c(=O)n3c(nc2s1)CCN(C(=O)c1cccnc1)CC3. The summed E-state index contributed by atoms with van der Waals surface area (Å²) >= 11 is 1.54. The fraction of sp³-hybridized carbons (Fsp3) is 0.294. The van der Waals surface area contributed by atoms with Crippen LogP contribution in [0.3, 0.4) is 0 Å². The molecule has 0 aliphatic carbocycles. The summed E-state index contributed by atoms with van der Waals surface area (Å²) in [4.78, 5) is 37.6. The van der Waals surface area contributed by atoms with Crippen molar-refractivity contribution in [3.05, 3.63) is 57.2 Å². The zero-order valence-corrected chi connectivity index (χ0v) is 14.0. The Kier molecular flexibility index (Phi) is 3.65. The minimum Gasteiger partial charge on any atom is -0.336 e. The van der Waals surface area contributed by atoms with Gasteiger partial charge in [-0.3, -0.25) is 19.1 Å². The van der Waals surface area contributed by atoms with E-state index < -0.39 is 0 Å². The van der Waals surface area contributed by atoms with Crippen LogP contribution in [0.15, 0.2) is 35.4 Å². The first kappa shape index (κ1) is 15.0. The second-order valence-electron chi connectivity index (χ2n) is 5.84. The molecule has 1 aliphatic rings. The lowest BCUT2D eigenvalue weighted by atomic mass is 10.2. The van der Waals surface area contributed by atoms with Gasteiger partial charge < -0.3 is 4.90 Å². The number of thiophene rings is 1. The van der Waals surface area contributed by atoms with Gasteiger partial charge in [-0.15, -0.1) is 11.3 Å². The van der Waals surface area contributed by atoms with E-state index in [-0.39, 0.29) is 11.5 Å². The van der Waals surface area contributed by atoms with E-state index in [4.69, 9.17) is 0 Å².